The molecule has 0 spiro atoms. The highest BCUT2D eigenvalue weighted by molar-refractivity contribution is 5.09. The van der Waals surface area contributed by atoms with Crippen molar-refractivity contribution in [2.24, 2.45) is 5.92 Å². The van der Waals surface area contributed by atoms with Crippen molar-refractivity contribution in [3.05, 3.63) is 30.1 Å². The molecule has 2 heterocycles. The molecule has 0 saturated carbocycles. The average Bonchev–Trinajstić information content (AvgIpc) is 2.44. The van der Waals surface area contributed by atoms with E-state index in [9.17, 15) is 0 Å². The van der Waals surface area contributed by atoms with Crippen molar-refractivity contribution in [1.29, 1.82) is 0 Å². The van der Waals surface area contributed by atoms with E-state index in [0.29, 0.717) is 0 Å². The molecule has 3 nitrogen and oxygen atoms in total. The molecule has 1 aromatic rings. The number of likely N-dealkylation sites (tertiary alicyclic amines) is 1. The number of nitrogens with one attached hydrogen (secondary N) is 1. The standard InChI is InChI=1S/C15H25N3/c1-2-16-12-15-4-3-10-18(13-15)11-7-14-5-8-17-9-6-14/h5-6,8-9,15-16H,2-4,7,10-13H2,1H3. The Balaban J connectivity index is 1.72. The minimum Gasteiger partial charge on any atom is -0.317 e. The van der Waals surface area contributed by atoms with E-state index in [4.69, 9.17) is 0 Å². The zero-order valence-corrected chi connectivity index (χ0v) is 11.4. The number of pyridine rings is 1. The quantitative estimate of drug-likeness (QED) is 0.833. The summed E-state index contributed by atoms with van der Waals surface area (Å²) in [5.41, 5.74) is 1.40. The molecule has 1 aromatic heterocycles. The molecule has 1 atom stereocenters. The Morgan fingerprint density at radius 3 is 3.00 bits per heavy atom. The summed E-state index contributed by atoms with van der Waals surface area (Å²) in [6.07, 6.45) is 7.67. The van der Waals surface area contributed by atoms with Gasteiger partial charge in [0.05, 0.1) is 0 Å². The minimum absolute atomic E-state index is 0.844. The molecular formula is C15H25N3. The van der Waals surface area contributed by atoms with Gasteiger partial charge in [-0.3, -0.25) is 4.98 Å². The van der Waals surface area contributed by atoms with Crippen LogP contribution in [0.15, 0.2) is 24.5 Å². The summed E-state index contributed by atoms with van der Waals surface area (Å²) >= 11 is 0. The fraction of sp³-hybridized carbons (Fsp3) is 0.667. The van der Waals surface area contributed by atoms with Crippen molar-refractivity contribution in [1.82, 2.24) is 15.2 Å². The summed E-state index contributed by atoms with van der Waals surface area (Å²) in [6.45, 7) is 8.18. The van der Waals surface area contributed by atoms with Crippen LogP contribution in [0.5, 0.6) is 0 Å². The number of piperidine rings is 1. The van der Waals surface area contributed by atoms with Crippen LogP contribution in [0.25, 0.3) is 0 Å². The number of hydrogen-bond donors (Lipinski definition) is 1. The monoisotopic (exact) mass is 247 g/mol. The molecule has 1 unspecified atom stereocenters. The van der Waals surface area contributed by atoms with Gasteiger partial charge >= 0.3 is 0 Å². The van der Waals surface area contributed by atoms with Gasteiger partial charge in [-0.25, -0.2) is 0 Å². The summed E-state index contributed by atoms with van der Waals surface area (Å²) in [6, 6.07) is 4.25. The predicted molar refractivity (Wildman–Crippen MR) is 75.6 cm³/mol. The Bertz CT molecular complexity index is 326. The zero-order chi connectivity index (χ0) is 12.6. The summed E-state index contributed by atoms with van der Waals surface area (Å²) < 4.78 is 0. The molecule has 0 bridgehead atoms. The molecular weight excluding hydrogens is 222 g/mol. The summed E-state index contributed by atoms with van der Waals surface area (Å²) in [7, 11) is 0. The van der Waals surface area contributed by atoms with Gasteiger partial charge in [0.15, 0.2) is 0 Å². The fourth-order valence-corrected chi connectivity index (χ4v) is 2.71. The molecule has 2 rings (SSSR count). The highest BCUT2D eigenvalue weighted by atomic mass is 15.1. The molecule has 1 aliphatic rings. The van der Waals surface area contributed by atoms with E-state index >= 15 is 0 Å². The lowest BCUT2D eigenvalue weighted by Gasteiger charge is -2.32. The van der Waals surface area contributed by atoms with Crippen LogP contribution in [0.2, 0.25) is 0 Å². The average molecular weight is 247 g/mol. The molecule has 18 heavy (non-hydrogen) atoms. The van der Waals surface area contributed by atoms with E-state index in [2.05, 4.69) is 34.3 Å². The normalized spacial score (nSPS) is 21.1. The summed E-state index contributed by atoms with van der Waals surface area (Å²) in [4.78, 5) is 6.68. The SMILES string of the molecule is CCNCC1CCCN(CCc2ccncc2)C1. The van der Waals surface area contributed by atoms with E-state index < -0.39 is 0 Å². The first kappa shape index (κ1) is 13.5. The van der Waals surface area contributed by atoms with Gasteiger partial charge in [0.2, 0.25) is 0 Å². The molecule has 0 amide bonds. The topological polar surface area (TPSA) is 28.2 Å². The predicted octanol–water partition coefficient (Wildman–Crippen LogP) is 1.95. The van der Waals surface area contributed by atoms with E-state index in [1.54, 1.807) is 0 Å². The van der Waals surface area contributed by atoms with E-state index in [1.165, 1.54) is 44.6 Å². The molecule has 1 saturated heterocycles. The Kier molecular flexibility index (Phi) is 5.62. The van der Waals surface area contributed by atoms with Gasteiger partial charge in [-0.15, -0.1) is 0 Å². The summed E-state index contributed by atoms with van der Waals surface area (Å²) in [5.74, 6) is 0.844. The van der Waals surface area contributed by atoms with Crippen molar-refractivity contribution in [2.45, 2.75) is 26.2 Å². The van der Waals surface area contributed by atoms with Crippen molar-refractivity contribution in [2.75, 3.05) is 32.7 Å². The second-order valence-electron chi connectivity index (χ2n) is 5.22. The van der Waals surface area contributed by atoms with Crippen LogP contribution in [-0.2, 0) is 6.42 Å². The van der Waals surface area contributed by atoms with Crippen LogP contribution in [0.1, 0.15) is 25.3 Å². The van der Waals surface area contributed by atoms with Crippen molar-refractivity contribution >= 4 is 0 Å². The van der Waals surface area contributed by atoms with Gasteiger partial charge in [0.1, 0.15) is 0 Å². The Morgan fingerprint density at radius 2 is 2.22 bits per heavy atom. The first-order valence-electron chi connectivity index (χ1n) is 7.20. The molecule has 100 valence electrons. The second kappa shape index (κ2) is 7.49. The Morgan fingerprint density at radius 1 is 1.39 bits per heavy atom. The van der Waals surface area contributed by atoms with Gasteiger partial charge in [0, 0.05) is 25.5 Å². The van der Waals surface area contributed by atoms with Crippen LogP contribution in [0.4, 0.5) is 0 Å². The van der Waals surface area contributed by atoms with E-state index in [-0.39, 0.29) is 0 Å². The third-order valence-electron chi connectivity index (χ3n) is 3.75. The van der Waals surface area contributed by atoms with Crippen LogP contribution >= 0.6 is 0 Å². The van der Waals surface area contributed by atoms with Crippen molar-refractivity contribution in [3.8, 4) is 0 Å². The van der Waals surface area contributed by atoms with Crippen molar-refractivity contribution in [3.63, 3.8) is 0 Å². The lowest BCUT2D eigenvalue weighted by atomic mass is 9.97. The number of aromatic nitrogens is 1. The number of nitrogens with zero attached hydrogens (tertiary/aromatic N) is 2. The molecule has 0 aliphatic carbocycles. The van der Waals surface area contributed by atoms with Gasteiger partial charge in [-0.1, -0.05) is 6.92 Å². The first-order chi connectivity index (χ1) is 8.88. The maximum absolute atomic E-state index is 4.06. The van der Waals surface area contributed by atoms with Crippen molar-refractivity contribution < 1.29 is 0 Å². The fourth-order valence-electron chi connectivity index (χ4n) is 2.71. The smallest absolute Gasteiger partial charge is 0.0270 e. The zero-order valence-electron chi connectivity index (χ0n) is 11.4. The molecule has 0 radical (unpaired) electrons. The first-order valence-corrected chi connectivity index (χ1v) is 7.20. The van der Waals surface area contributed by atoms with E-state index in [1.807, 2.05) is 12.4 Å². The summed E-state index contributed by atoms with van der Waals surface area (Å²) in [5, 5.41) is 3.48. The maximum atomic E-state index is 4.06. The van der Waals surface area contributed by atoms with Gasteiger partial charge in [-0.05, 0) is 62.5 Å². The molecule has 1 fully saturated rings. The minimum atomic E-state index is 0.844. The number of rotatable bonds is 6. The van der Waals surface area contributed by atoms with Gasteiger partial charge in [0.25, 0.3) is 0 Å². The molecule has 1 aliphatic heterocycles. The molecule has 0 aromatic carbocycles. The lowest BCUT2D eigenvalue weighted by molar-refractivity contribution is 0.174. The highest BCUT2D eigenvalue weighted by Gasteiger charge is 2.18. The Hall–Kier alpha value is -0.930. The second-order valence-corrected chi connectivity index (χ2v) is 5.22. The maximum Gasteiger partial charge on any atom is 0.0270 e. The molecule has 3 heteroatoms. The largest absolute Gasteiger partial charge is 0.317 e. The third kappa shape index (κ3) is 4.39. The van der Waals surface area contributed by atoms with Crippen LogP contribution in [0.3, 0.4) is 0 Å². The van der Waals surface area contributed by atoms with E-state index in [0.717, 1.165) is 18.9 Å². The van der Waals surface area contributed by atoms with Crippen LogP contribution in [0, 0.1) is 5.92 Å². The van der Waals surface area contributed by atoms with Gasteiger partial charge in [-0.2, -0.15) is 0 Å². The molecule has 1 N–H and O–H groups in total. The van der Waals surface area contributed by atoms with Gasteiger partial charge < -0.3 is 10.2 Å². The Labute approximate surface area is 111 Å². The number of hydrogen-bond acceptors (Lipinski definition) is 3. The van der Waals surface area contributed by atoms with Crippen LogP contribution in [-0.4, -0.2) is 42.6 Å². The highest BCUT2D eigenvalue weighted by Crippen LogP contribution is 2.16. The lowest BCUT2D eigenvalue weighted by Crippen LogP contribution is -2.40. The third-order valence-corrected chi connectivity index (χ3v) is 3.75. The van der Waals surface area contributed by atoms with Crippen LogP contribution < -0.4 is 5.32 Å².